The minimum absolute atomic E-state index is 0.0354. The summed E-state index contributed by atoms with van der Waals surface area (Å²) in [7, 11) is 0. The second-order valence-corrected chi connectivity index (χ2v) is 4.90. The van der Waals surface area contributed by atoms with Crippen LogP contribution in [0.2, 0.25) is 0 Å². The molecule has 6 heteroatoms. The molecule has 0 amide bonds. The molecule has 2 unspecified atom stereocenters. The fourth-order valence-corrected chi connectivity index (χ4v) is 2.07. The number of nitriles is 1. The molecular weight excluding hydrogens is 280 g/mol. The fourth-order valence-electron chi connectivity index (χ4n) is 2.07. The van der Waals surface area contributed by atoms with Gasteiger partial charge in [-0.1, -0.05) is 24.3 Å². The van der Waals surface area contributed by atoms with Crippen LogP contribution in [0, 0.1) is 11.3 Å². The summed E-state index contributed by atoms with van der Waals surface area (Å²) in [6, 6.07) is 6.08. The van der Waals surface area contributed by atoms with Gasteiger partial charge in [-0.15, -0.1) is 0 Å². The van der Waals surface area contributed by atoms with Crippen LogP contribution in [0.4, 0.5) is 5.82 Å². The molecule has 1 aromatic heterocycles. The Balaban J connectivity index is 2.57. The van der Waals surface area contributed by atoms with E-state index in [-0.39, 0.29) is 17.1 Å². The maximum atomic E-state index is 11.1. The topological polar surface area (TPSA) is 105 Å². The number of carbonyl (C=O) groups is 1. The third-order valence-electron chi connectivity index (χ3n) is 3.41. The van der Waals surface area contributed by atoms with Gasteiger partial charge in [0.15, 0.2) is 0 Å². The Bertz CT molecular complexity index is 879. The predicted molar refractivity (Wildman–Crippen MR) is 83.2 cm³/mol. The van der Waals surface area contributed by atoms with Crippen LogP contribution in [0.1, 0.15) is 49.2 Å². The first-order valence-corrected chi connectivity index (χ1v) is 6.54. The van der Waals surface area contributed by atoms with Crippen molar-refractivity contribution >= 4 is 11.8 Å². The van der Waals surface area contributed by atoms with Crippen LogP contribution in [-0.2, 0) is 4.79 Å². The van der Waals surface area contributed by atoms with E-state index in [1.165, 1.54) is 0 Å². The quantitative estimate of drug-likeness (QED) is 0.903. The Hall–Kier alpha value is -2.81. The summed E-state index contributed by atoms with van der Waals surface area (Å²) in [6.45, 7) is -0.0174. The summed E-state index contributed by atoms with van der Waals surface area (Å²) in [4.78, 5) is 11.1. The average molecular weight is 302 g/mol. The number of carboxylic acid groups (broad SMARTS) is 1. The van der Waals surface area contributed by atoms with E-state index in [2.05, 4.69) is 5.10 Å². The second-order valence-electron chi connectivity index (χ2n) is 4.90. The highest BCUT2D eigenvalue weighted by molar-refractivity contribution is 5.77. The monoisotopic (exact) mass is 302 g/mol. The number of rotatable bonds is 4. The van der Waals surface area contributed by atoms with Crippen molar-refractivity contribution in [1.82, 2.24) is 9.78 Å². The van der Waals surface area contributed by atoms with Crippen molar-refractivity contribution in [3.63, 3.8) is 0 Å². The number of hydrogen-bond acceptors (Lipinski definition) is 4. The van der Waals surface area contributed by atoms with Crippen LogP contribution in [0.5, 0.6) is 0 Å². The Kier molecular flexibility index (Phi) is 2.91. The smallest absolute Gasteiger partial charge is 0.310 e. The van der Waals surface area contributed by atoms with Gasteiger partial charge in [0.25, 0.3) is 0 Å². The number of nitrogens with two attached hydrogens (primary N) is 1. The van der Waals surface area contributed by atoms with Crippen LogP contribution >= 0.6 is 0 Å². The Morgan fingerprint density at radius 1 is 1.50 bits per heavy atom. The summed E-state index contributed by atoms with van der Waals surface area (Å²) in [5, 5.41) is 22.6. The Morgan fingerprint density at radius 2 is 2.14 bits per heavy atom. The molecule has 0 saturated heterocycles. The van der Waals surface area contributed by atoms with Gasteiger partial charge in [0.1, 0.15) is 23.1 Å². The first-order chi connectivity index (χ1) is 11.9. The van der Waals surface area contributed by atoms with Gasteiger partial charge in [-0.3, -0.25) is 4.79 Å². The third-order valence-corrected chi connectivity index (χ3v) is 3.41. The largest absolute Gasteiger partial charge is 0.481 e. The number of nitrogens with zero attached hydrogens (tertiary/aromatic N) is 3. The normalized spacial score (nSPS) is 18.0. The van der Waals surface area contributed by atoms with E-state index in [9.17, 15) is 10.1 Å². The lowest BCUT2D eigenvalue weighted by Crippen LogP contribution is -2.07. The third kappa shape index (κ3) is 2.66. The minimum atomic E-state index is -2.71. The van der Waals surface area contributed by atoms with Gasteiger partial charge in [-0.25, -0.2) is 4.68 Å². The molecule has 0 spiro atoms. The van der Waals surface area contributed by atoms with Gasteiger partial charge in [0, 0.05) is 15.7 Å². The molecule has 1 heterocycles. The molecule has 0 radical (unpaired) electrons. The van der Waals surface area contributed by atoms with Gasteiger partial charge in [0.05, 0.1) is 7.29 Å². The van der Waals surface area contributed by atoms with Crippen LogP contribution in [0.15, 0.2) is 24.3 Å². The lowest BCUT2D eigenvalue weighted by Gasteiger charge is -2.07. The molecular formula is C16H18N4O2. The van der Waals surface area contributed by atoms with Crippen molar-refractivity contribution < 1.29 is 15.4 Å². The predicted octanol–water partition coefficient (Wildman–Crippen LogP) is 2.77. The second kappa shape index (κ2) is 5.90. The van der Waals surface area contributed by atoms with Crippen LogP contribution < -0.4 is 5.73 Å². The van der Waals surface area contributed by atoms with Crippen LogP contribution in [0.25, 0.3) is 11.3 Å². The highest BCUT2D eigenvalue weighted by Crippen LogP contribution is 2.29. The summed E-state index contributed by atoms with van der Waals surface area (Å²) in [5.74, 6) is -1.88. The molecule has 0 aliphatic heterocycles. The number of anilines is 1. The number of nitrogen functional groups attached to an aromatic ring is 1. The van der Waals surface area contributed by atoms with Gasteiger partial charge >= 0.3 is 5.97 Å². The number of benzene rings is 1. The lowest BCUT2D eigenvalue weighted by atomic mass is 9.98. The molecule has 0 bridgehead atoms. The summed E-state index contributed by atoms with van der Waals surface area (Å²) >= 11 is 0. The first kappa shape index (κ1) is 10.9. The molecule has 0 saturated carbocycles. The molecule has 0 aliphatic rings. The Labute approximate surface area is 134 Å². The standard InChI is InChI=1S/C16H18N4O2/c1-9(2)20-15(18)13(8-17)14(19-20)12-6-4-11(5-7-12)10(3)16(21)22/h4-7,9-10H,18H2,1-3H3,(H,21,22)/i1D3,9D. The maximum absolute atomic E-state index is 11.1. The number of aromatic nitrogens is 2. The maximum Gasteiger partial charge on any atom is 0.310 e. The zero-order chi connectivity index (χ0) is 19.9. The average Bonchev–Trinajstić information content (AvgIpc) is 2.90. The minimum Gasteiger partial charge on any atom is -0.481 e. The van der Waals surface area contributed by atoms with E-state index in [0.29, 0.717) is 11.1 Å². The summed E-state index contributed by atoms with van der Waals surface area (Å²) in [6.07, 6.45) is 0. The highest BCUT2D eigenvalue weighted by atomic mass is 16.4. The zero-order valence-corrected chi connectivity index (χ0v) is 12.2. The van der Waals surface area contributed by atoms with Crippen molar-refractivity contribution in [1.29, 1.82) is 5.26 Å². The number of carboxylic acids is 1. The molecule has 2 rings (SSSR count). The Morgan fingerprint density at radius 3 is 2.64 bits per heavy atom. The molecule has 0 aliphatic carbocycles. The molecule has 6 nitrogen and oxygen atoms in total. The highest BCUT2D eigenvalue weighted by Gasteiger charge is 2.19. The van der Waals surface area contributed by atoms with Gasteiger partial charge in [-0.05, 0) is 26.3 Å². The number of aliphatic carboxylic acids is 1. The molecule has 2 aromatic rings. The van der Waals surface area contributed by atoms with Crippen LogP contribution in [0.3, 0.4) is 0 Å². The van der Waals surface area contributed by atoms with Crippen molar-refractivity contribution in [3.8, 4) is 17.3 Å². The van der Waals surface area contributed by atoms with Gasteiger partial charge in [0.2, 0.25) is 0 Å². The van der Waals surface area contributed by atoms with E-state index in [0.717, 1.165) is 11.6 Å². The van der Waals surface area contributed by atoms with Crippen molar-refractivity contribution in [2.24, 2.45) is 0 Å². The fraction of sp³-hybridized carbons (Fsp3) is 0.312. The molecule has 3 N–H and O–H groups in total. The number of hydrogen-bond donors (Lipinski definition) is 2. The zero-order valence-electron chi connectivity index (χ0n) is 16.2. The van der Waals surface area contributed by atoms with E-state index >= 15 is 0 Å². The van der Waals surface area contributed by atoms with E-state index in [1.807, 2.05) is 6.07 Å². The van der Waals surface area contributed by atoms with Gasteiger partial charge in [-0.2, -0.15) is 10.4 Å². The first-order valence-electron chi connectivity index (χ1n) is 8.54. The van der Waals surface area contributed by atoms with Crippen LogP contribution in [-0.4, -0.2) is 20.9 Å². The van der Waals surface area contributed by atoms with Crippen molar-refractivity contribution in [2.75, 3.05) is 5.73 Å². The van der Waals surface area contributed by atoms with E-state index in [4.69, 9.17) is 16.3 Å². The van der Waals surface area contributed by atoms with Crippen molar-refractivity contribution in [3.05, 3.63) is 35.4 Å². The van der Waals surface area contributed by atoms with Gasteiger partial charge < -0.3 is 10.8 Å². The molecule has 22 heavy (non-hydrogen) atoms. The van der Waals surface area contributed by atoms with Crippen molar-refractivity contribution in [2.45, 2.75) is 32.6 Å². The molecule has 1 aromatic carbocycles. The molecule has 0 fully saturated rings. The lowest BCUT2D eigenvalue weighted by molar-refractivity contribution is -0.138. The SMILES string of the molecule is [2H]C([2H])([2H])C([2H])(C)n1nc(-c2ccc(C(C)C(=O)O)cc2)c(C#N)c1N. The summed E-state index contributed by atoms with van der Waals surface area (Å²) < 4.78 is 31.5. The summed E-state index contributed by atoms with van der Waals surface area (Å²) in [5.41, 5.74) is 7.03. The molecule has 2 atom stereocenters. The van der Waals surface area contributed by atoms with E-state index < -0.39 is 24.8 Å². The van der Waals surface area contributed by atoms with E-state index in [1.54, 1.807) is 31.2 Å². The molecule has 114 valence electrons.